The minimum absolute atomic E-state index is 0.290. The van der Waals surface area contributed by atoms with Crippen molar-refractivity contribution in [2.75, 3.05) is 11.5 Å². The van der Waals surface area contributed by atoms with Gasteiger partial charge in [0.2, 0.25) is 0 Å². The molecule has 1 aliphatic carbocycles. The van der Waals surface area contributed by atoms with Gasteiger partial charge in [-0.2, -0.15) is 0 Å². The first-order valence-electron chi connectivity index (χ1n) is 7.46. The molecular formula is C16H23BrO2S. The summed E-state index contributed by atoms with van der Waals surface area (Å²) in [5.41, 5.74) is 2.76. The largest absolute Gasteiger partial charge is 0.229 e. The average Bonchev–Trinajstić information content (AvgIpc) is 2.57. The third kappa shape index (κ3) is 4.08. The summed E-state index contributed by atoms with van der Waals surface area (Å²) in [7, 11) is -2.86. The van der Waals surface area contributed by atoms with E-state index in [0.29, 0.717) is 23.8 Å². The third-order valence-corrected chi connectivity index (χ3v) is 7.23. The topological polar surface area (TPSA) is 34.1 Å². The quantitative estimate of drug-likeness (QED) is 0.581. The zero-order chi connectivity index (χ0) is 14.6. The summed E-state index contributed by atoms with van der Waals surface area (Å²) in [5.74, 6) is 1.07. The van der Waals surface area contributed by atoms with E-state index in [2.05, 4.69) is 40.2 Å². The smallest absolute Gasteiger partial charge is 0.150 e. The van der Waals surface area contributed by atoms with Gasteiger partial charge in [-0.05, 0) is 49.1 Å². The molecule has 112 valence electrons. The van der Waals surface area contributed by atoms with E-state index >= 15 is 0 Å². The molecule has 0 aromatic heterocycles. The molecule has 0 heterocycles. The number of fused-ring (bicyclic) bond motifs is 1. The van der Waals surface area contributed by atoms with E-state index in [1.807, 2.05) is 6.92 Å². The lowest BCUT2D eigenvalue weighted by Gasteiger charge is -2.21. The van der Waals surface area contributed by atoms with E-state index in [0.717, 1.165) is 25.7 Å². The van der Waals surface area contributed by atoms with Crippen LogP contribution in [0.15, 0.2) is 24.3 Å². The molecular weight excluding hydrogens is 336 g/mol. The van der Waals surface area contributed by atoms with E-state index in [9.17, 15) is 8.42 Å². The Kier molecular flexibility index (Phi) is 5.67. The van der Waals surface area contributed by atoms with Gasteiger partial charge in [-0.15, -0.1) is 0 Å². The number of benzene rings is 1. The predicted molar refractivity (Wildman–Crippen MR) is 88.1 cm³/mol. The summed E-state index contributed by atoms with van der Waals surface area (Å²) in [5, 5.41) is 0. The highest BCUT2D eigenvalue weighted by Crippen LogP contribution is 2.41. The standard InChI is InChI=1S/C16H23BrO2S/c1-2-11-20(18,19)12-10-14-8-5-7-13-6-3-4-9-15(13)16(14)17/h3-4,6,9,14,16H,2,5,7-8,10-12H2,1H3. The molecule has 0 amide bonds. The number of rotatable bonds is 5. The molecule has 0 saturated heterocycles. The minimum atomic E-state index is -2.86. The van der Waals surface area contributed by atoms with Crippen LogP contribution in [0.2, 0.25) is 0 Å². The van der Waals surface area contributed by atoms with Crippen molar-refractivity contribution in [1.82, 2.24) is 0 Å². The van der Waals surface area contributed by atoms with Crippen LogP contribution in [0.5, 0.6) is 0 Å². The van der Waals surface area contributed by atoms with Crippen molar-refractivity contribution in [2.24, 2.45) is 5.92 Å². The number of alkyl halides is 1. The maximum atomic E-state index is 11.9. The number of aryl methyl sites for hydroxylation is 1. The van der Waals surface area contributed by atoms with E-state index in [1.54, 1.807) is 0 Å². The molecule has 1 aromatic carbocycles. The lowest BCUT2D eigenvalue weighted by atomic mass is 9.94. The van der Waals surface area contributed by atoms with E-state index < -0.39 is 9.84 Å². The van der Waals surface area contributed by atoms with E-state index in [1.165, 1.54) is 11.1 Å². The lowest BCUT2D eigenvalue weighted by molar-refractivity contribution is 0.460. The van der Waals surface area contributed by atoms with Crippen molar-refractivity contribution >= 4 is 25.8 Å². The van der Waals surface area contributed by atoms with Gasteiger partial charge in [0.1, 0.15) is 9.84 Å². The van der Waals surface area contributed by atoms with Gasteiger partial charge in [-0.3, -0.25) is 0 Å². The summed E-state index contributed by atoms with van der Waals surface area (Å²) in [4.78, 5) is 0.290. The second kappa shape index (κ2) is 7.08. The van der Waals surface area contributed by atoms with Crippen molar-refractivity contribution in [3.63, 3.8) is 0 Å². The SMILES string of the molecule is CCCS(=O)(=O)CCC1CCCc2ccccc2C1Br. The Morgan fingerprint density at radius 1 is 1.25 bits per heavy atom. The van der Waals surface area contributed by atoms with Crippen molar-refractivity contribution in [1.29, 1.82) is 0 Å². The summed E-state index contributed by atoms with van der Waals surface area (Å²) in [6, 6.07) is 8.53. The first kappa shape index (κ1) is 16.0. The molecule has 2 atom stereocenters. The number of sulfone groups is 1. The summed E-state index contributed by atoms with van der Waals surface area (Å²) in [6.07, 6.45) is 4.85. The van der Waals surface area contributed by atoms with Crippen molar-refractivity contribution in [3.05, 3.63) is 35.4 Å². The van der Waals surface area contributed by atoms with Crippen LogP contribution in [0.3, 0.4) is 0 Å². The van der Waals surface area contributed by atoms with Crippen LogP contribution in [-0.2, 0) is 16.3 Å². The fraction of sp³-hybridized carbons (Fsp3) is 0.625. The summed E-state index contributed by atoms with van der Waals surface area (Å²) < 4.78 is 23.8. The first-order valence-corrected chi connectivity index (χ1v) is 10.2. The van der Waals surface area contributed by atoms with Gasteiger partial charge < -0.3 is 0 Å². The molecule has 0 aliphatic heterocycles. The molecule has 0 radical (unpaired) electrons. The minimum Gasteiger partial charge on any atom is -0.229 e. The molecule has 0 spiro atoms. The molecule has 2 rings (SSSR count). The van der Waals surface area contributed by atoms with Gasteiger partial charge >= 0.3 is 0 Å². The van der Waals surface area contributed by atoms with E-state index in [4.69, 9.17) is 0 Å². The molecule has 2 unspecified atom stereocenters. The Morgan fingerprint density at radius 2 is 2.00 bits per heavy atom. The normalized spacial score (nSPS) is 23.1. The van der Waals surface area contributed by atoms with Crippen molar-refractivity contribution < 1.29 is 8.42 Å². The highest BCUT2D eigenvalue weighted by Gasteiger charge is 2.26. The lowest BCUT2D eigenvalue weighted by Crippen LogP contribution is -2.16. The van der Waals surface area contributed by atoms with Crippen LogP contribution in [-0.4, -0.2) is 19.9 Å². The zero-order valence-electron chi connectivity index (χ0n) is 12.0. The van der Waals surface area contributed by atoms with Crippen molar-refractivity contribution in [2.45, 2.75) is 43.9 Å². The molecule has 2 nitrogen and oxygen atoms in total. The van der Waals surface area contributed by atoms with Crippen LogP contribution in [0, 0.1) is 5.92 Å². The molecule has 0 N–H and O–H groups in total. The molecule has 20 heavy (non-hydrogen) atoms. The highest BCUT2D eigenvalue weighted by molar-refractivity contribution is 9.09. The van der Waals surface area contributed by atoms with Gasteiger partial charge in [0.25, 0.3) is 0 Å². The van der Waals surface area contributed by atoms with Crippen LogP contribution in [0.1, 0.15) is 48.6 Å². The average molecular weight is 359 g/mol. The Hall–Kier alpha value is -0.350. The van der Waals surface area contributed by atoms with Crippen molar-refractivity contribution in [3.8, 4) is 0 Å². The van der Waals surface area contributed by atoms with Crippen LogP contribution < -0.4 is 0 Å². The molecule has 0 fully saturated rings. The zero-order valence-corrected chi connectivity index (χ0v) is 14.4. The number of halogens is 1. The number of hydrogen-bond donors (Lipinski definition) is 0. The molecule has 1 aliphatic rings. The van der Waals surface area contributed by atoms with Crippen LogP contribution >= 0.6 is 15.9 Å². The predicted octanol–water partition coefficient (Wildman–Crippen LogP) is 4.29. The molecule has 0 bridgehead atoms. The third-order valence-electron chi connectivity index (χ3n) is 4.10. The fourth-order valence-electron chi connectivity index (χ4n) is 3.02. The maximum absolute atomic E-state index is 11.9. The van der Waals surface area contributed by atoms with Gasteiger partial charge in [-0.1, -0.05) is 47.1 Å². The van der Waals surface area contributed by atoms with Crippen LogP contribution in [0.25, 0.3) is 0 Å². The first-order chi connectivity index (χ1) is 9.53. The Balaban J connectivity index is 2.06. The van der Waals surface area contributed by atoms with Gasteiger partial charge in [0.05, 0.1) is 5.75 Å². The van der Waals surface area contributed by atoms with E-state index in [-0.39, 0.29) is 4.83 Å². The summed E-state index contributed by atoms with van der Waals surface area (Å²) >= 11 is 3.82. The Labute approximate surface area is 131 Å². The Morgan fingerprint density at radius 3 is 2.75 bits per heavy atom. The Bertz CT molecular complexity index is 539. The monoisotopic (exact) mass is 358 g/mol. The van der Waals surface area contributed by atoms with Crippen LogP contribution in [0.4, 0.5) is 0 Å². The molecule has 0 saturated carbocycles. The highest BCUT2D eigenvalue weighted by atomic mass is 79.9. The summed E-state index contributed by atoms with van der Waals surface area (Å²) in [6.45, 7) is 1.92. The molecule has 1 aromatic rings. The second-order valence-electron chi connectivity index (χ2n) is 5.69. The molecule has 4 heteroatoms. The van der Waals surface area contributed by atoms with Gasteiger partial charge in [-0.25, -0.2) is 8.42 Å². The number of hydrogen-bond acceptors (Lipinski definition) is 2. The second-order valence-corrected chi connectivity index (χ2v) is 8.98. The van der Waals surface area contributed by atoms with Gasteiger partial charge in [0.15, 0.2) is 0 Å². The maximum Gasteiger partial charge on any atom is 0.150 e. The van der Waals surface area contributed by atoms with Gasteiger partial charge in [0, 0.05) is 10.6 Å². The fourth-order valence-corrected chi connectivity index (χ4v) is 5.48.